The maximum Gasteiger partial charge on any atom is 0.271 e. The standard InChI is InChI=1S/C9H13BN2O/c1-10-7-4-5-8(11-6-7)9(13)12(2)3/h4-6,10H,1-3H3. The Balaban J connectivity index is 2.86. The first-order valence-corrected chi connectivity index (χ1v) is 4.31. The number of amides is 1. The molecule has 0 aliphatic carbocycles. The largest absolute Gasteiger partial charge is 0.343 e. The van der Waals surface area contributed by atoms with Crippen molar-refractivity contribution < 1.29 is 4.79 Å². The summed E-state index contributed by atoms with van der Waals surface area (Å²) in [6, 6.07) is 3.70. The van der Waals surface area contributed by atoms with Gasteiger partial charge in [-0.15, -0.1) is 0 Å². The second-order valence-electron chi connectivity index (χ2n) is 3.10. The predicted molar refractivity (Wildman–Crippen MR) is 54.9 cm³/mol. The van der Waals surface area contributed by atoms with Gasteiger partial charge in [-0.3, -0.25) is 9.78 Å². The van der Waals surface area contributed by atoms with E-state index in [-0.39, 0.29) is 5.91 Å². The first kappa shape index (κ1) is 9.77. The maximum absolute atomic E-state index is 11.4. The molecule has 1 amide bonds. The van der Waals surface area contributed by atoms with Crippen molar-refractivity contribution >= 4 is 18.6 Å². The van der Waals surface area contributed by atoms with Crippen LogP contribution in [-0.2, 0) is 0 Å². The van der Waals surface area contributed by atoms with E-state index >= 15 is 0 Å². The molecule has 1 heterocycles. The fraction of sp³-hybridized carbons (Fsp3) is 0.333. The van der Waals surface area contributed by atoms with Crippen molar-refractivity contribution in [2.24, 2.45) is 0 Å². The average molecular weight is 176 g/mol. The third-order valence-corrected chi connectivity index (χ3v) is 1.86. The third kappa shape index (κ3) is 2.31. The molecule has 0 N–H and O–H groups in total. The number of hydrogen-bond acceptors (Lipinski definition) is 2. The van der Waals surface area contributed by atoms with Gasteiger partial charge in [-0.25, -0.2) is 0 Å². The molecule has 0 aromatic carbocycles. The van der Waals surface area contributed by atoms with E-state index in [1.807, 2.05) is 6.07 Å². The Bertz CT molecular complexity index is 295. The summed E-state index contributed by atoms with van der Waals surface area (Å²) in [5.41, 5.74) is 1.65. The zero-order valence-electron chi connectivity index (χ0n) is 8.24. The van der Waals surface area contributed by atoms with Crippen LogP contribution in [0.5, 0.6) is 0 Å². The number of rotatable bonds is 2. The molecule has 1 aromatic rings. The molecule has 0 fully saturated rings. The molecule has 0 saturated heterocycles. The van der Waals surface area contributed by atoms with Crippen molar-refractivity contribution in [2.45, 2.75) is 6.82 Å². The van der Waals surface area contributed by atoms with Gasteiger partial charge < -0.3 is 4.90 Å². The van der Waals surface area contributed by atoms with Crippen molar-refractivity contribution in [1.29, 1.82) is 0 Å². The number of aromatic nitrogens is 1. The molecule has 4 heteroatoms. The van der Waals surface area contributed by atoms with Gasteiger partial charge in [0, 0.05) is 20.3 Å². The SMILES string of the molecule is CBc1ccc(C(=O)N(C)C)nc1. The van der Waals surface area contributed by atoms with Crippen molar-refractivity contribution in [3.8, 4) is 0 Å². The Morgan fingerprint density at radius 3 is 2.54 bits per heavy atom. The van der Waals surface area contributed by atoms with E-state index in [2.05, 4.69) is 11.8 Å². The fourth-order valence-corrected chi connectivity index (χ4v) is 0.989. The van der Waals surface area contributed by atoms with Gasteiger partial charge in [0.05, 0.1) is 0 Å². The topological polar surface area (TPSA) is 33.2 Å². The highest BCUT2D eigenvalue weighted by atomic mass is 16.2. The van der Waals surface area contributed by atoms with Gasteiger partial charge in [-0.1, -0.05) is 18.4 Å². The Labute approximate surface area is 79.0 Å². The number of hydrogen-bond donors (Lipinski definition) is 0. The highest BCUT2D eigenvalue weighted by molar-refractivity contribution is 6.51. The smallest absolute Gasteiger partial charge is 0.271 e. The molecular weight excluding hydrogens is 163 g/mol. The molecule has 0 atom stereocenters. The van der Waals surface area contributed by atoms with Crippen LogP contribution in [-0.4, -0.2) is 37.2 Å². The molecular formula is C9H13BN2O. The van der Waals surface area contributed by atoms with Gasteiger partial charge in [0.15, 0.2) is 7.28 Å². The minimum Gasteiger partial charge on any atom is -0.343 e. The highest BCUT2D eigenvalue weighted by Crippen LogP contribution is 1.95. The van der Waals surface area contributed by atoms with Crippen LogP contribution in [0.15, 0.2) is 18.3 Å². The molecule has 68 valence electrons. The van der Waals surface area contributed by atoms with E-state index in [1.54, 1.807) is 26.4 Å². The first-order chi connectivity index (χ1) is 6.15. The molecule has 0 aliphatic heterocycles. The molecule has 1 rings (SSSR count). The molecule has 1 aromatic heterocycles. The van der Waals surface area contributed by atoms with E-state index < -0.39 is 0 Å². The zero-order chi connectivity index (χ0) is 9.84. The van der Waals surface area contributed by atoms with E-state index in [4.69, 9.17) is 0 Å². The molecule has 0 bridgehead atoms. The van der Waals surface area contributed by atoms with Gasteiger partial charge in [-0.2, -0.15) is 0 Å². The molecule has 3 nitrogen and oxygen atoms in total. The van der Waals surface area contributed by atoms with Crippen molar-refractivity contribution in [3.63, 3.8) is 0 Å². The number of carbonyl (C=O) groups is 1. The molecule has 0 unspecified atom stereocenters. The van der Waals surface area contributed by atoms with Crippen LogP contribution in [0.4, 0.5) is 0 Å². The Morgan fingerprint density at radius 2 is 2.15 bits per heavy atom. The highest BCUT2D eigenvalue weighted by Gasteiger charge is 2.08. The summed E-state index contributed by atoms with van der Waals surface area (Å²) in [4.78, 5) is 17.0. The van der Waals surface area contributed by atoms with Gasteiger partial charge >= 0.3 is 0 Å². The van der Waals surface area contributed by atoms with Crippen LogP contribution in [0.2, 0.25) is 6.82 Å². The first-order valence-electron chi connectivity index (χ1n) is 4.31. The van der Waals surface area contributed by atoms with Crippen molar-refractivity contribution in [3.05, 3.63) is 24.0 Å². The van der Waals surface area contributed by atoms with Crippen LogP contribution in [0, 0.1) is 0 Å². The Hall–Kier alpha value is -1.32. The summed E-state index contributed by atoms with van der Waals surface area (Å²) < 4.78 is 0. The normalized spacial score (nSPS) is 9.46. The minimum atomic E-state index is -0.0531. The second-order valence-corrected chi connectivity index (χ2v) is 3.10. The molecule has 0 saturated carbocycles. The van der Waals surface area contributed by atoms with E-state index in [1.165, 1.54) is 4.90 Å². The predicted octanol–water partition coefficient (Wildman–Crippen LogP) is -0.107. The van der Waals surface area contributed by atoms with Crippen LogP contribution in [0.1, 0.15) is 10.5 Å². The van der Waals surface area contributed by atoms with Gasteiger partial charge in [0.2, 0.25) is 0 Å². The minimum absolute atomic E-state index is 0.0531. The Morgan fingerprint density at radius 1 is 1.46 bits per heavy atom. The van der Waals surface area contributed by atoms with Crippen molar-refractivity contribution in [1.82, 2.24) is 9.88 Å². The summed E-state index contributed by atoms with van der Waals surface area (Å²) in [7, 11) is 4.39. The van der Waals surface area contributed by atoms with Gasteiger partial charge in [-0.05, 0) is 6.07 Å². The lowest BCUT2D eigenvalue weighted by Gasteiger charge is -2.08. The van der Waals surface area contributed by atoms with Crippen LogP contribution in [0.3, 0.4) is 0 Å². The second kappa shape index (κ2) is 4.07. The van der Waals surface area contributed by atoms with Crippen LogP contribution >= 0.6 is 0 Å². The van der Waals surface area contributed by atoms with Crippen LogP contribution < -0.4 is 5.46 Å². The van der Waals surface area contributed by atoms with E-state index in [0.717, 1.165) is 12.7 Å². The van der Waals surface area contributed by atoms with Crippen LogP contribution in [0.25, 0.3) is 0 Å². The van der Waals surface area contributed by atoms with Gasteiger partial charge in [0.1, 0.15) is 5.69 Å². The summed E-state index contributed by atoms with van der Waals surface area (Å²) in [5.74, 6) is -0.0531. The van der Waals surface area contributed by atoms with Gasteiger partial charge in [0.25, 0.3) is 5.91 Å². The average Bonchev–Trinajstić information content (AvgIpc) is 2.17. The molecule has 0 aliphatic rings. The summed E-state index contributed by atoms with van der Waals surface area (Å²) >= 11 is 0. The maximum atomic E-state index is 11.4. The lowest BCUT2D eigenvalue weighted by atomic mass is 9.74. The number of nitrogens with zero attached hydrogens (tertiary/aromatic N) is 2. The fourth-order valence-electron chi connectivity index (χ4n) is 0.989. The third-order valence-electron chi connectivity index (χ3n) is 1.86. The van der Waals surface area contributed by atoms with E-state index in [9.17, 15) is 4.79 Å². The quantitative estimate of drug-likeness (QED) is 0.589. The molecule has 0 radical (unpaired) electrons. The lowest BCUT2D eigenvalue weighted by molar-refractivity contribution is 0.0822. The van der Waals surface area contributed by atoms with Crippen molar-refractivity contribution in [2.75, 3.05) is 14.1 Å². The monoisotopic (exact) mass is 176 g/mol. The summed E-state index contributed by atoms with van der Waals surface area (Å²) in [6.07, 6.45) is 1.75. The summed E-state index contributed by atoms with van der Waals surface area (Å²) in [5, 5.41) is 0. The molecule has 13 heavy (non-hydrogen) atoms. The van der Waals surface area contributed by atoms with E-state index in [0.29, 0.717) is 5.69 Å². The lowest BCUT2D eigenvalue weighted by Crippen LogP contribution is -2.24. The molecule has 0 spiro atoms. The number of pyridine rings is 1. The zero-order valence-corrected chi connectivity index (χ0v) is 8.24. The summed E-state index contributed by atoms with van der Waals surface area (Å²) in [6.45, 7) is 2.06. The Kier molecular flexibility index (Phi) is 3.06. The number of carbonyl (C=O) groups excluding carboxylic acids is 1.